The van der Waals surface area contributed by atoms with E-state index in [1.165, 1.54) is 13.2 Å². The fourth-order valence-corrected chi connectivity index (χ4v) is 1.61. The van der Waals surface area contributed by atoms with Gasteiger partial charge in [0.15, 0.2) is 18.1 Å². The lowest BCUT2D eigenvalue weighted by atomic mass is 10.2. The molecule has 0 heterocycles. The molecule has 120 valence electrons. The summed E-state index contributed by atoms with van der Waals surface area (Å²) in [6.45, 7) is 2.14. The van der Waals surface area contributed by atoms with Crippen LogP contribution >= 0.6 is 0 Å². The van der Waals surface area contributed by atoms with Crippen LogP contribution in [0, 0.1) is 0 Å². The van der Waals surface area contributed by atoms with E-state index in [4.69, 9.17) is 9.47 Å². The highest BCUT2D eigenvalue weighted by molar-refractivity contribution is 5.95. The number of hydrogen-bond acceptors (Lipinski definition) is 5. The van der Waals surface area contributed by atoms with Crippen LogP contribution in [0.5, 0.6) is 11.5 Å². The number of rotatable bonds is 8. The number of aldehydes is 1. The molecule has 7 heteroatoms. The van der Waals surface area contributed by atoms with Gasteiger partial charge in [-0.3, -0.25) is 14.9 Å². The van der Waals surface area contributed by atoms with Crippen molar-refractivity contribution in [2.24, 2.45) is 0 Å². The van der Waals surface area contributed by atoms with Crippen molar-refractivity contribution in [3.8, 4) is 11.5 Å². The second kappa shape index (κ2) is 9.38. The van der Waals surface area contributed by atoms with Crippen molar-refractivity contribution in [3.05, 3.63) is 23.8 Å². The van der Waals surface area contributed by atoms with Gasteiger partial charge in [-0.1, -0.05) is 13.3 Å². The zero-order chi connectivity index (χ0) is 16.4. The average molecular weight is 308 g/mol. The highest BCUT2D eigenvalue weighted by Crippen LogP contribution is 2.27. The number of ether oxygens (including phenoxy) is 2. The minimum Gasteiger partial charge on any atom is -0.493 e. The minimum absolute atomic E-state index is 0.258. The van der Waals surface area contributed by atoms with E-state index in [0.717, 1.165) is 12.8 Å². The van der Waals surface area contributed by atoms with E-state index in [0.29, 0.717) is 24.1 Å². The van der Waals surface area contributed by atoms with Gasteiger partial charge in [-0.25, -0.2) is 4.79 Å². The number of hydrogen-bond donors (Lipinski definition) is 2. The van der Waals surface area contributed by atoms with Gasteiger partial charge in [-0.15, -0.1) is 0 Å². The maximum Gasteiger partial charge on any atom is 0.321 e. The number of carbonyl (C=O) groups is 3. The van der Waals surface area contributed by atoms with Crippen LogP contribution in [0.3, 0.4) is 0 Å². The number of unbranched alkanes of at least 4 members (excludes halogenated alkanes) is 1. The topological polar surface area (TPSA) is 93.7 Å². The van der Waals surface area contributed by atoms with E-state index in [2.05, 4.69) is 10.6 Å². The smallest absolute Gasteiger partial charge is 0.321 e. The van der Waals surface area contributed by atoms with Crippen LogP contribution in [0.4, 0.5) is 4.79 Å². The van der Waals surface area contributed by atoms with Crippen LogP contribution in [-0.4, -0.2) is 38.5 Å². The van der Waals surface area contributed by atoms with E-state index < -0.39 is 11.9 Å². The Morgan fingerprint density at radius 3 is 2.68 bits per heavy atom. The molecular formula is C15H20N2O5. The first kappa shape index (κ1) is 17.5. The Kier molecular flexibility index (Phi) is 7.45. The molecule has 0 aromatic heterocycles. The van der Waals surface area contributed by atoms with Gasteiger partial charge in [0.05, 0.1) is 7.11 Å². The van der Waals surface area contributed by atoms with Crippen LogP contribution < -0.4 is 20.1 Å². The summed E-state index contributed by atoms with van der Waals surface area (Å²) in [4.78, 5) is 33.7. The molecule has 0 radical (unpaired) electrons. The zero-order valence-electron chi connectivity index (χ0n) is 12.7. The highest BCUT2D eigenvalue weighted by atomic mass is 16.5. The number of nitrogens with one attached hydrogen (secondary N) is 2. The van der Waals surface area contributed by atoms with E-state index in [1.807, 2.05) is 6.92 Å². The van der Waals surface area contributed by atoms with Gasteiger partial charge in [0.1, 0.15) is 6.29 Å². The van der Waals surface area contributed by atoms with Crippen LogP contribution in [0.15, 0.2) is 18.2 Å². The summed E-state index contributed by atoms with van der Waals surface area (Å²) in [7, 11) is 1.45. The minimum atomic E-state index is -0.590. The van der Waals surface area contributed by atoms with Crippen LogP contribution in [0.25, 0.3) is 0 Å². The van der Waals surface area contributed by atoms with E-state index in [-0.39, 0.29) is 12.4 Å². The largest absolute Gasteiger partial charge is 0.493 e. The molecule has 0 fully saturated rings. The maximum absolute atomic E-state index is 11.6. The third kappa shape index (κ3) is 5.82. The van der Waals surface area contributed by atoms with Gasteiger partial charge >= 0.3 is 6.03 Å². The summed E-state index contributed by atoms with van der Waals surface area (Å²) in [6, 6.07) is 4.03. The number of amides is 3. The summed E-state index contributed by atoms with van der Waals surface area (Å²) in [6.07, 6.45) is 2.45. The van der Waals surface area contributed by atoms with Crippen LogP contribution in [0.2, 0.25) is 0 Å². The van der Waals surface area contributed by atoms with Gasteiger partial charge in [0.25, 0.3) is 5.91 Å². The van der Waals surface area contributed by atoms with Gasteiger partial charge < -0.3 is 14.8 Å². The third-order valence-electron chi connectivity index (χ3n) is 2.75. The molecule has 3 amide bonds. The third-order valence-corrected chi connectivity index (χ3v) is 2.75. The first-order valence-corrected chi connectivity index (χ1v) is 6.94. The second-order valence-electron chi connectivity index (χ2n) is 4.47. The van der Waals surface area contributed by atoms with Gasteiger partial charge in [0.2, 0.25) is 0 Å². The molecule has 0 bridgehead atoms. The Bertz CT molecular complexity index is 531. The molecule has 0 spiro atoms. The fraction of sp³-hybridized carbons (Fsp3) is 0.400. The average Bonchev–Trinajstić information content (AvgIpc) is 2.52. The molecule has 1 aromatic rings. The number of benzene rings is 1. The Hall–Kier alpha value is -2.57. The lowest BCUT2D eigenvalue weighted by Gasteiger charge is -2.11. The molecule has 0 aliphatic carbocycles. The summed E-state index contributed by atoms with van der Waals surface area (Å²) < 4.78 is 10.4. The first-order chi connectivity index (χ1) is 10.6. The maximum atomic E-state index is 11.6. The van der Waals surface area contributed by atoms with Crippen molar-refractivity contribution in [1.29, 1.82) is 0 Å². The van der Waals surface area contributed by atoms with Crippen molar-refractivity contribution in [2.75, 3.05) is 20.3 Å². The molecular weight excluding hydrogens is 288 g/mol. The Balaban J connectivity index is 2.49. The van der Waals surface area contributed by atoms with E-state index >= 15 is 0 Å². The Morgan fingerprint density at radius 1 is 1.27 bits per heavy atom. The van der Waals surface area contributed by atoms with Gasteiger partial charge in [0, 0.05) is 12.1 Å². The van der Waals surface area contributed by atoms with Crippen molar-refractivity contribution in [3.63, 3.8) is 0 Å². The first-order valence-electron chi connectivity index (χ1n) is 6.94. The summed E-state index contributed by atoms with van der Waals surface area (Å²) in [5.41, 5.74) is 0.397. The normalized spacial score (nSPS) is 9.73. The van der Waals surface area contributed by atoms with Crippen LogP contribution in [-0.2, 0) is 4.79 Å². The number of urea groups is 1. The number of carbonyl (C=O) groups excluding carboxylic acids is 3. The standard InChI is InChI=1S/C15H20N2O5/c1-3-4-7-16-15(20)17-14(19)10-22-13-8-11(9-18)5-6-12(13)21-2/h5-6,8-9H,3-4,7,10H2,1-2H3,(H2,16,17,19,20). The molecule has 0 aliphatic heterocycles. The SMILES string of the molecule is CCCCNC(=O)NC(=O)COc1cc(C=O)ccc1OC. The Morgan fingerprint density at radius 2 is 2.05 bits per heavy atom. The van der Waals surface area contributed by atoms with Gasteiger partial charge in [-0.05, 0) is 24.6 Å². The van der Waals surface area contributed by atoms with Crippen molar-refractivity contribution < 1.29 is 23.9 Å². The van der Waals surface area contributed by atoms with E-state index in [1.54, 1.807) is 12.1 Å². The zero-order valence-corrected chi connectivity index (χ0v) is 12.7. The van der Waals surface area contributed by atoms with Gasteiger partial charge in [-0.2, -0.15) is 0 Å². The molecule has 0 atom stereocenters. The molecule has 1 aromatic carbocycles. The summed E-state index contributed by atoms with van der Waals surface area (Å²) in [5, 5.41) is 4.71. The van der Waals surface area contributed by atoms with Crippen molar-refractivity contribution >= 4 is 18.2 Å². The second-order valence-corrected chi connectivity index (χ2v) is 4.47. The lowest BCUT2D eigenvalue weighted by molar-refractivity contribution is -0.122. The molecule has 0 unspecified atom stereocenters. The molecule has 0 saturated carbocycles. The molecule has 2 N–H and O–H groups in total. The predicted octanol–water partition coefficient (Wildman–Crippen LogP) is 1.51. The highest BCUT2D eigenvalue weighted by Gasteiger charge is 2.11. The summed E-state index contributed by atoms with van der Waals surface area (Å²) in [5.74, 6) is 0.0620. The monoisotopic (exact) mass is 308 g/mol. The van der Waals surface area contributed by atoms with Crippen LogP contribution in [0.1, 0.15) is 30.1 Å². The van der Waals surface area contributed by atoms with Crippen molar-refractivity contribution in [2.45, 2.75) is 19.8 Å². The number of methoxy groups -OCH3 is 1. The Labute approximate surface area is 129 Å². The molecule has 1 rings (SSSR count). The molecule has 0 saturated heterocycles. The summed E-state index contributed by atoms with van der Waals surface area (Å²) >= 11 is 0. The predicted molar refractivity (Wildman–Crippen MR) is 80.3 cm³/mol. The molecule has 0 aliphatic rings. The molecule has 22 heavy (non-hydrogen) atoms. The van der Waals surface area contributed by atoms with E-state index in [9.17, 15) is 14.4 Å². The fourth-order valence-electron chi connectivity index (χ4n) is 1.61. The molecule has 7 nitrogen and oxygen atoms in total. The lowest BCUT2D eigenvalue weighted by Crippen LogP contribution is -2.41. The van der Waals surface area contributed by atoms with Crippen molar-refractivity contribution in [1.82, 2.24) is 10.6 Å². The quantitative estimate of drug-likeness (QED) is 0.561. The number of imide groups is 1.